The number of anilines is 1. The molecule has 8 heteroatoms. The fourth-order valence-electron chi connectivity index (χ4n) is 0.600. The fraction of sp³-hybridized carbons (Fsp3) is 0.200. The first-order valence-electron chi connectivity index (χ1n) is 3.15. The zero-order chi connectivity index (χ0) is 9.84. The Kier molecular flexibility index (Phi) is 2.98. The normalized spacial score (nSPS) is 12.4. The average Bonchev–Trinajstić information content (AvgIpc) is 2.48. The van der Waals surface area contributed by atoms with E-state index in [0.717, 1.165) is 0 Å². The Morgan fingerprint density at radius 2 is 2.54 bits per heavy atom. The van der Waals surface area contributed by atoms with Crippen LogP contribution in [-0.2, 0) is 11.1 Å². The van der Waals surface area contributed by atoms with Gasteiger partial charge in [-0.1, -0.05) is 0 Å². The molecule has 1 unspecified atom stereocenters. The van der Waals surface area contributed by atoms with Gasteiger partial charge in [0.1, 0.15) is 0 Å². The number of amides is 1. The lowest BCUT2D eigenvalue weighted by molar-refractivity contribution is 0.0968. The number of hydrogen-bond acceptors (Lipinski definition) is 6. The standard InChI is InChI=1S/C5H7N3O4S/c6-4(9)5-7-1-3(12-5)8-2-13(10)11/h1,8H,2H2,(H2,6,9)(H,10,11)/p-1. The van der Waals surface area contributed by atoms with E-state index in [1.54, 1.807) is 0 Å². The molecule has 0 radical (unpaired) electrons. The summed E-state index contributed by atoms with van der Waals surface area (Å²) < 4.78 is 24.9. The maximum atomic E-state index is 10.5. The molecule has 7 nitrogen and oxygen atoms in total. The van der Waals surface area contributed by atoms with Crippen molar-refractivity contribution in [2.75, 3.05) is 11.2 Å². The summed E-state index contributed by atoms with van der Waals surface area (Å²) in [6, 6.07) is 0. The van der Waals surface area contributed by atoms with Crippen molar-refractivity contribution >= 4 is 22.9 Å². The zero-order valence-electron chi connectivity index (χ0n) is 6.35. The van der Waals surface area contributed by atoms with Crippen LogP contribution in [0.2, 0.25) is 0 Å². The molecule has 0 aliphatic carbocycles. The van der Waals surface area contributed by atoms with Crippen LogP contribution in [0.1, 0.15) is 10.7 Å². The molecule has 72 valence electrons. The van der Waals surface area contributed by atoms with Crippen molar-refractivity contribution in [2.24, 2.45) is 5.73 Å². The molecule has 1 heterocycles. The van der Waals surface area contributed by atoms with Crippen LogP contribution in [0.15, 0.2) is 10.6 Å². The highest BCUT2D eigenvalue weighted by Crippen LogP contribution is 2.08. The lowest BCUT2D eigenvalue weighted by Crippen LogP contribution is -2.11. The van der Waals surface area contributed by atoms with Crippen LogP contribution in [0.4, 0.5) is 5.88 Å². The van der Waals surface area contributed by atoms with E-state index in [1.165, 1.54) is 6.20 Å². The second-order valence-corrected chi connectivity index (χ2v) is 2.91. The SMILES string of the molecule is NC(=O)c1ncc(NCS(=O)[O-])o1. The first-order valence-corrected chi connectivity index (χ1v) is 4.39. The number of nitrogens with one attached hydrogen (secondary N) is 1. The number of hydrogen-bond donors (Lipinski definition) is 2. The van der Waals surface area contributed by atoms with Crippen LogP contribution in [0, 0.1) is 0 Å². The molecular formula is C5H6N3O4S-. The van der Waals surface area contributed by atoms with Crippen molar-refractivity contribution in [3.05, 3.63) is 12.1 Å². The molecule has 0 aliphatic rings. The summed E-state index contributed by atoms with van der Waals surface area (Å²) in [5.41, 5.74) is 4.84. The molecule has 3 N–H and O–H groups in total. The number of aromatic nitrogens is 1. The predicted molar refractivity (Wildman–Crippen MR) is 42.4 cm³/mol. The molecule has 0 bridgehead atoms. The highest BCUT2D eigenvalue weighted by atomic mass is 32.2. The first kappa shape index (κ1) is 9.68. The summed E-state index contributed by atoms with van der Waals surface area (Å²) in [7, 11) is 0. The minimum absolute atomic E-state index is 0.0815. The van der Waals surface area contributed by atoms with Gasteiger partial charge in [-0.25, -0.2) is 4.98 Å². The van der Waals surface area contributed by atoms with Gasteiger partial charge >= 0.3 is 5.91 Å². The second-order valence-electron chi connectivity index (χ2n) is 2.02. The van der Waals surface area contributed by atoms with Gasteiger partial charge in [0.2, 0.25) is 5.88 Å². The second kappa shape index (κ2) is 4.01. The quantitative estimate of drug-likeness (QED) is 0.608. The molecule has 1 atom stereocenters. The highest BCUT2D eigenvalue weighted by Gasteiger charge is 2.07. The molecule has 1 rings (SSSR count). The predicted octanol–water partition coefficient (Wildman–Crippen LogP) is -0.978. The largest absolute Gasteiger partial charge is 0.771 e. The molecular weight excluding hydrogens is 198 g/mol. The number of rotatable bonds is 4. The van der Waals surface area contributed by atoms with Gasteiger partial charge in [-0.2, -0.15) is 0 Å². The van der Waals surface area contributed by atoms with Crippen LogP contribution >= 0.6 is 0 Å². The fourth-order valence-corrected chi connectivity index (χ4v) is 0.860. The van der Waals surface area contributed by atoms with Gasteiger partial charge < -0.3 is 20.0 Å². The van der Waals surface area contributed by atoms with Crippen molar-refractivity contribution in [3.8, 4) is 0 Å². The van der Waals surface area contributed by atoms with Gasteiger partial charge in [0.05, 0.1) is 12.1 Å². The molecule has 0 spiro atoms. The van der Waals surface area contributed by atoms with Gasteiger partial charge in [-0.15, -0.1) is 0 Å². The van der Waals surface area contributed by atoms with Crippen molar-refractivity contribution in [1.29, 1.82) is 0 Å². The smallest absolute Gasteiger partial charge is 0.304 e. The molecule has 13 heavy (non-hydrogen) atoms. The summed E-state index contributed by atoms with van der Waals surface area (Å²) in [5.74, 6) is -1.30. The first-order chi connectivity index (χ1) is 6.09. The van der Waals surface area contributed by atoms with Crippen molar-refractivity contribution < 1.29 is 18.0 Å². The third-order valence-corrected chi connectivity index (χ3v) is 1.46. The van der Waals surface area contributed by atoms with E-state index in [0.29, 0.717) is 0 Å². The highest BCUT2D eigenvalue weighted by molar-refractivity contribution is 7.79. The minimum atomic E-state index is -2.23. The molecule has 1 aromatic heterocycles. The Balaban J connectivity index is 2.59. The van der Waals surface area contributed by atoms with Gasteiger partial charge in [0.15, 0.2) is 0 Å². The maximum Gasteiger partial charge on any atom is 0.304 e. The lowest BCUT2D eigenvalue weighted by Gasteiger charge is -2.03. The van der Waals surface area contributed by atoms with E-state index in [2.05, 4.69) is 10.3 Å². The Morgan fingerprint density at radius 1 is 1.85 bits per heavy atom. The van der Waals surface area contributed by atoms with Gasteiger partial charge in [0.25, 0.3) is 5.89 Å². The number of carbonyl (C=O) groups is 1. The van der Waals surface area contributed by atoms with Crippen LogP contribution in [0.3, 0.4) is 0 Å². The van der Waals surface area contributed by atoms with Crippen molar-refractivity contribution in [1.82, 2.24) is 4.98 Å². The molecule has 0 fully saturated rings. The van der Waals surface area contributed by atoms with E-state index in [1.807, 2.05) is 0 Å². The number of oxazole rings is 1. The summed E-state index contributed by atoms with van der Waals surface area (Å²) >= 11 is -2.23. The average molecular weight is 204 g/mol. The lowest BCUT2D eigenvalue weighted by atomic mass is 10.6. The summed E-state index contributed by atoms with van der Waals surface area (Å²) in [6.07, 6.45) is 1.17. The summed E-state index contributed by atoms with van der Waals surface area (Å²) in [4.78, 5) is 14.0. The summed E-state index contributed by atoms with van der Waals surface area (Å²) in [5, 5.41) is 2.37. The number of carbonyl (C=O) groups excluding carboxylic acids is 1. The Morgan fingerprint density at radius 3 is 3.00 bits per heavy atom. The number of primary amides is 1. The number of nitrogens with zero attached hydrogens (tertiary/aromatic N) is 1. The minimum Gasteiger partial charge on any atom is -0.771 e. The molecule has 0 saturated heterocycles. The number of nitrogens with two attached hydrogens (primary N) is 1. The Hall–Kier alpha value is -1.41. The van der Waals surface area contributed by atoms with E-state index < -0.39 is 17.0 Å². The van der Waals surface area contributed by atoms with E-state index in [4.69, 9.17) is 10.2 Å². The van der Waals surface area contributed by atoms with Crippen molar-refractivity contribution in [3.63, 3.8) is 0 Å². The van der Waals surface area contributed by atoms with Gasteiger partial charge in [0, 0.05) is 0 Å². The molecule has 0 aromatic carbocycles. The van der Waals surface area contributed by atoms with Gasteiger partial charge in [-0.3, -0.25) is 9.00 Å². The third-order valence-electron chi connectivity index (χ3n) is 1.08. The van der Waals surface area contributed by atoms with Crippen LogP contribution in [0.5, 0.6) is 0 Å². The van der Waals surface area contributed by atoms with Crippen LogP contribution in [0.25, 0.3) is 0 Å². The maximum absolute atomic E-state index is 10.5. The van der Waals surface area contributed by atoms with Crippen LogP contribution in [-0.4, -0.2) is 25.5 Å². The molecule has 0 aliphatic heterocycles. The summed E-state index contributed by atoms with van der Waals surface area (Å²) in [6.45, 7) is 0. The van der Waals surface area contributed by atoms with Crippen LogP contribution < -0.4 is 11.1 Å². The zero-order valence-corrected chi connectivity index (χ0v) is 7.17. The molecule has 0 saturated carbocycles. The van der Waals surface area contributed by atoms with E-state index in [9.17, 15) is 13.6 Å². The molecule has 1 aromatic rings. The third kappa shape index (κ3) is 2.84. The van der Waals surface area contributed by atoms with Crippen molar-refractivity contribution in [2.45, 2.75) is 0 Å². The Labute approximate surface area is 75.6 Å². The Bertz CT molecular complexity index is 336. The van der Waals surface area contributed by atoms with E-state index in [-0.39, 0.29) is 17.7 Å². The topological polar surface area (TPSA) is 121 Å². The van der Waals surface area contributed by atoms with Gasteiger partial charge in [-0.05, 0) is 11.1 Å². The monoisotopic (exact) mass is 204 g/mol. The molecule has 1 amide bonds. The van der Waals surface area contributed by atoms with E-state index >= 15 is 0 Å².